The molecule has 6 rings (SSSR count). The minimum absolute atomic E-state index is 0.0351. The van der Waals surface area contributed by atoms with E-state index in [2.05, 4.69) is 71.3 Å². The molecule has 0 aliphatic heterocycles. The zero-order valence-electron chi connectivity index (χ0n) is 20.3. The molecular weight excluding hydrogens is 587 g/mol. The van der Waals surface area contributed by atoms with E-state index in [4.69, 9.17) is 33.4 Å². The predicted octanol–water partition coefficient (Wildman–Crippen LogP) is 9.08. The molecule has 4 nitrogen and oxygen atoms in total. The normalized spacial score (nSPS) is 14.2. The number of aromatic nitrogens is 4. The van der Waals surface area contributed by atoms with Gasteiger partial charge < -0.3 is 0 Å². The summed E-state index contributed by atoms with van der Waals surface area (Å²) < 4.78 is 2.94. The summed E-state index contributed by atoms with van der Waals surface area (Å²) in [4.78, 5) is 0. The molecule has 5 aromatic rings. The molecule has 1 saturated carbocycles. The topological polar surface area (TPSA) is 43.6 Å². The molecule has 37 heavy (non-hydrogen) atoms. The van der Waals surface area contributed by atoms with Crippen LogP contribution in [0.4, 0.5) is 0 Å². The second kappa shape index (κ2) is 9.66. The van der Waals surface area contributed by atoms with E-state index in [-0.39, 0.29) is 5.41 Å². The highest BCUT2D eigenvalue weighted by atomic mass is 79.9. The Balaban J connectivity index is 1.51. The Morgan fingerprint density at radius 2 is 1.70 bits per heavy atom. The first-order valence-electron chi connectivity index (χ1n) is 12.1. The van der Waals surface area contributed by atoms with E-state index in [1.165, 1.54) is 11.1 Å². The lowest BCUT2D eigenvalue weighted by atomic mass is 9.96. The van der Waals surface area contributed by atoms with Crippen LogP contribution in [0.5, 0.6) is 0 Å². The fraction of sp³-hybridized carbons (Fsp3) is 0.207. The van der Waals surface area contributed by atoms with Crippen molar-refractivity contribution in [3.8, 4) is 27.6 Å². The molecule has 1 fully saturated rings. The molecular formula is C29H23BrCl2N4S. The van der Waals surface area contributed by atoms with Crippen LogP contribution >= 0.6 is 50.5 Å². The second-order valence-electron chi connectivity index (χ2n) is 9.40. The van der Waals surface area contributed by atoms with Crippen LogP contribution in [-0.2, 0) is 11.8 Å². The first kappa shape index (κ1) is 24.8. The van der Waals surface area contributed by atoms with Crippen LogP contribution in [-0.4, -0.2) is 20.0 Å². The number of halogens is 3. The van der Waals surface area contributed by atoms with Gasteiger partial charge in [0.15, 0.2) is 5.01 Å². The average Bonchev–Trinajstić information content (AvgIpc) is 3.38. The van der Waals surface area contributed by atoms with E-state index in [0.717, 1.165) is 62.0 Å². The van der Waals surface area contributed by atoms with Gasteiger partial charge in [-0.15, -0.1) is 10.2 Å². The maximum Gasteiger partial charge on any atom is 0.168 e. The lowest BCUT2D eigenvalue weighted by Gasteiger charge is -2.11. The molecule has 2 aromatic heterocycles. The summed E-state index contributed by atoms with van der Waals surface area (Å²) in [6.45, 7) is 4.26. The van der Waals surface area contributed by atoms with E-state index >= 15 is 0 Å². The molecule has 0 amide bonds. The molecule has 8 heteroatoms. The van der Waals surface area contributed by atoms with Crippen molar-refractivity contribution < 1.29 is 0 Å². The zero-order valence-corrected chi connectivity index (χ0v) is 24.2. The summed E-state index contributed by atoms with van der Waals surface area (Å²) in [5.41, 5.74) is 7.30. The Kier molecular flexibility index (Phi) is 6.48. The Morgan fingerprint density at radius 1 is 0.973 bits per heavy atom. The highest BCUT2D eigenvalue weighted by Crippen LogP contribution is 2.55. The van der Waals surface area contributed by atoms with Crippen molar-refractivity contribution in [3.05, 3.63) is 103 Å². The lowest BCUT2D eigenvalue weighted by Crippen LogP contribution is -2.08. The van der Waals surface area contributed by atoms with Gasteiger partial charge in [0.05, 0.1) is 16.4 Å². The van der Waals surface area contributed by atoms with Gasteiger partial charge >= 0.3 is 0 Å². The number of nitrogens with zero attached hydrogens (tertiary/aromatic N) is 4. The molecule has 2 heterocycles. The smallest absolute Gasteiger partial charge is 0.168 e. The first-order chi connectivity index (χ1) is 17.9. The van der Waals surface area contributed by atoms with E-state index in [0.29, 0.717) is 10.0 Å². The van der Waals surface area contributed by atoms with Crippen molar-refractivity contribution in [2.45, 2.75) is 38.5 Å². The van der Waals surface area contributed by atoms with E-state index < -0.39 is 0 Å². The third kappa shape index (κ3) is 4.44. The van der Waals surface area contributed by atoms with Gasteiger partial charge in [0.2, 0.25) is 0 Å². The minimum atomic E-state index is -0.0351. The van der Waals surface area contributed by atoms with Crippen LogP contribution in [0.2, 0.25) is 10.0 Å². The van der Waals surface area contributed by atoms with E-state index in [1.54, 1.807) is 17.4 Å². The van der Waals surface area contributed by atoms with Crippen molar-refractivity contribution >= 4 is 50.5 Å². The molecule has 0 N–H and O–H groups in total. The van der Waals surface area contributed by atoms with Crippen LogP contribution in [0.1, 0.15) is 41.5 Å². The van der Waals surface area contributed by atoms with Gasteiger partial charge in [-0.1, -0.05) is 99.4 Å². The Hall–Kier alpha value is -2.51. The minimum Gasteiger partial charge on any atom is -0.231 e. The molecule has 0 bridgehead atoms. The summed E-state index contributed by atoms with van der Waals surface area (Å²) in [6, 6.07) is 22.6. The van der Waals surface area contributed by atoms with Gasteiger partial charge in [-0.3, -0.25) is 0 Å². The Bertz CT molecular complexity index is 1600. The van der Waals surface area contributed by atoms with Gasteiger partial charge in [0, 0.05) is 26.0 Å². The third-order valence-electron chi connectivity index (χ3n) is 6.98. The number of benzene rings is 3. The largest absolute Gasteiger partial charge is 0.231 e. The van der Waals surface area contributed by atoms with E-state index in [1.807, 2.05) is 28.9 Å². The maximum absolute atomic E-state index is 6.67. The van der Waals surface area contributed by atoms with Gasteiger partial charge in [0.25, 0.3) is 0 Å². The highest BCUT2D eigenvalue weighted by molar-refractivity contribution is 9.10. The number of rotatable bonds is 6. The first-order valence-corrected chi connectivity index (χ1v) is 14.5. The standard InChI is InChI=1S/C29H23BrCl2N4S/c1-3-22-25(27-33-34-28(37-27)29(14-15-29)19-8-4-17(2)5-9-19)35-36(24-13-12-21(31)16-23(24)32)26(22)18-6-10-20(30)11-7-18/h4-13,16H,3,14-15H2,1-2H3. The monoisotopic (exact) mass is 608 g/mol. The van der Waals surface area contributed by atoms with Crippen molar-refractivity contribution in [2.24, 2.45) is 0 Å². The summed E-state index contributed by atoms with van der Waals surface area (Å²) in [6.07, 6.45) is 2.96. The number of hydrogen-bond donors (Lipinski definition) is 0. The van der Waals surface area contributed by atoms with Crippen molar-refractivity contribution in [1.82, 2.24) is 20.0 Å². The summed E-state index contributed by atoms with van der Waals surface area (Å²) >= 11 is 18.1. The molecule has 186 valence electrons. The van der Waals surface area contributed by atoms with Crippen molar-refractivity contribution in [2.75, 3.05) is 0 Å². The van der Waals surface area contributed by atoms with Gasteiger partial charge in [-0.2, -0.15) is 5.10 Å². The quantitative estimate of drug-likeness (QED) is 0.193. The highest BCUT2D eigenvalue weighted by Gasteiger charge is 2.49. The fourth-order valence-corrected chi connectivity index (χ4v) is 6.70. The fourth-order valence-electron chi connectivity index (χ4n) is 4.82. The molecule has 1 aliphatic carbocycles. The van der Waals surface area contributed by atoms with Gasteiger partial charge in [0.1, 0.15) is 10.7 Å². The van der Waals surface area contributed by atoms with Gasteiger partial charge in [-0.05, 0) is 62.1 Å². The predicted molar refractivity (Wildman–Crippen MR) is 156 cm³/mol. The third-order valence-corrected chi connectivity index (χ3v) is 9.18. The molecule has 3 aromatic carbocycles. The molecule has 0 spiro atoms. The maximum atomic E-state index is 6.67. The van der Waals surface area contributed by atoms with E-state index in [9.17, 15) is 0 Å². The van der Waals surface area contributed by atoms with Crippen molar-refractivity contribution in [3.63, 3.8) is 0 Å². The van der Waals surface area contributed by atoms with Crippen molar-refractivity contribution in [1.29, 1.82) is 0 Å². The van der Waals surface area contributed by atoms with Crippen LogP contribution in [0.15, 0.2) is 71.2 Å². The second-order valence-corrected chi connectivity index (χ2v) is 12.1. The number of aryl methyl sites for hydroxylation is 1. The van der Waals surface area contributed by atoms with Crippen LogP contribution < -0.4 is 0 Å². The Labute approximate surface area is 238 Å². The zero-order chi connectivity index (χ0) is 25.7. The Morgan fingerprint density at radius 3 is 2.35 bits per heavy atom. The van der Waals surface area contributed by atoms with Gasteiger partial charge in [-0.25, -0.2) is 4.68 Å². The molecule has 0 atom stereocenters. The SMILES string of the molecule is CCc1c(-c2nnc(C3(c4ccc(C)cc4)CC3)s2)nn(-c2ccc(Cl)cc2Cl)c1-c1ccc(Br)cc1. The summed E-state index contributed by atoms with van der Waals surface area (Å²) in [5, 5.41) is 17.5. The molecule has 0 radical (unpaired) electrons. The van der Waals surface area contributed by atoms with Crippen LogP contribution in [0.3, 0.4) is 0 Å². The average molecular weight is 610 g/mol. The molecule has 1 aliphatic rings. The molecule has 0 unspecified atom stereocenters. The summed E-state index contributed by atoms with van der Waals surface area (Å²) in [5.74, 6) is 0. The summed E-state index contributed by atoms with van der Waals surface area (Å²) in [7, 11) is 0. The van der Waals surface area contributed by atoms with Crippen LogP contribution in [0.25, 0.3) is 27.6 Å². The lowest BCUT2D eigenvalue weighted by molar-refractivity contribution is 0.806. The van der Waals surface area contributed by atoms with Crippen LogP contribution in [0, 0.1) is 6.92 Å². The number of hydrogen-bond acceptors (Lipinski definition) is 4. The molecule has 0 saturated heterocycles.